The molecule has 0 unspecified atom stereocenters. The third-order valence-corrected chi connectivity index (χ3v) is 4.94. The van der Waals surface area contributed by atoms with Crippen molar-refractivity contribution in [2.45, 2.75) is 40.3 Å². The van der Waals surface area contributed by atoms with Crippen molar-refractivity contribution in [2.75, 3.05) is 13.6 Å². The Labute approximate surface area is 197 Å². The van der Waals surface area contributed by atoms with Gasteiger partial charge in [0.1, 0.15) is 5.82 Å². The van der Waals surface area contributed by atoms with Gasteiger partial charge in [-0.2, -0.15) is 0 Å². The van der Waals surface area contributed by atoms with Crippen LogP contribution in [0.3, 0.4) is 0 Å². The minimum atomic E-state index is 0. The number of benzene rings is 2. The monoisotopic (exact) mass is 517 g/mol. The summed E-state index contributed by atoms with van der Waals surface area (Å²) in [5.41, 5.74) is 6.48. The molecule has 0 atom stereocenters. The standard InChI is InChI=1S/C24H31N5.HI/c1-18-12-19(2)14-21(13-18)8-9-27-24(25-4)28-16-22-6-5-7-23(15-22)17-29-11-10-26-20(29)3;/h5-7,10-15H,8-9,16-17H2,1-4H3,(H2,25,27,28);1H. The van der Waals surface area contributed by atoms with E-state index in [4.69, 9.17) is 0 Å². The Morgan fingerprint density at radius 1 is 0.967 bits per heavy atom. The summed E-state index contributed by atoms with van der Waals surface area (Å²) >= 11 is 0. The van der Waals surface area contributed by atoms with Gasteiger partial charge < -0.3 is 15.2 Å². The largest absolute Gasteiger partial charge is 0.356 e. The molecule has 0 aliphatic carbocycles. The van der Waals surface area contributed by atoms with Crippen LogP contribution in [-0.2, 0) is 19.5 Å². The van der Waals surface area contributed by atoms with Crippen molar-refractivity contribution < 1.29 is 0 Å². The highest BCUT2D eigenvalue weighted by Gasteiger charge is 2.03. The molecule has 5 nitrogen and oxygen atoms in total. The van der Waals surface area contributed by atoms with Gasteiger partial charge in [0.05, 0.1) is 0 Å². The molecule has 1 aromatic heterocycles. The molecule has 0 aliphatic heterocycles. The first-order valence-corrected chi connectivity index (χ1v) is 10.1. The molecule has 0 aliphatic rings. The van der Waals surface area contributed by atoms with E-state index in [1.54, 1.807) is 0 Å². The maximum Gasteiger partial charge on any atom is 0.191 e. The summed E-state index contributed by atoms with van der Waals surface area (Å²) in [6.07, 6.45) is 4.83. The fourth-order valence-corrected chi connectivity index (χ4v) is 3.55. The molecule has 0 radical (unpaired) electrons. The molecular weight excluding hydrogens is 485 g/mol. The van der Waals surface area contributed by atoms with E-state index in [-0.39, 0.29) is 24.0 Å². The Kier molecular flexibility index (Phi) is 9.36. The molecule has 0 spiro atoms. The minimum Gasteiger partial charge on any atom is -0.356 e. The predicted molar refractivity (Wildman–Crippen MR) is 136 cm³/mol. The number of guanidine groups is 1. The van der Waals surface area contributed by atoms with Crippen LogP contribution in [-0.4, -0.2) is 29.1 Å². The molecule has 30 heavy (non-hydrogen) atoms. The van der Waals surface area contributed by atoms with Gasteiger partial charge in [-0.15, -0.1) is 24.0 Å². The number of aliphatic imine (C=N–C) groups is 1. The zero-order chi connectivity index (χ0) is 20.6. The second kappa shape index (κ2) is 11.7. The Morgan fingerprint density at radius 2 is 1.70 bits per heavy atom. The number of rotatable bonds is 7. The normalized spacial score (nSPS) is 11.1. The number of aromatic nitrogens is 2. The van der Waals surface area contributed by atoms with Gasteiger partial charge in [0.2, 0.25) is 0 Å². The van der Waals surface area contributed by atoms with Crippen molar-refractivity contribution in [2.24, 2.45) is 4.99 Å². The molecular formula is C24H32IN5. The van der Waals surface area contributed by atoms with Crippen LogP contribution in [0, 0.1) is 20.8 Å². The summed E-state index contributed by atoms with van der Waals surface area (Å²) in [6.45, 7) is 8.74. The predicted octanol–water partition coefficient (Wildman–Crippen LogP) is 4.38. The van der Waals surface area contributed by atoms with Gasteiger partial charge >= 0.3 is 0 Å². The molecule has 3 aromatic rings. The van der Waals surface area contributed by atoms with Crippen molar-refractivity contribution in [1.82, 2.24) is 20.2 Å². The molecule has 160 valence electrons. The van der Waals surface area contributed by atoms with Crippen LogP contribution in [0.25, 0.3) is 0 Å². The number of nitrogens with zero attached hydrogens (tertiary/aromatic N) is 3. The van der Waals surface area contributed by atoms with Gasteiger partial charge in [0.15, 0.2) is 5.96 Å². The number of halogens is 1. The number of aryl methyl sites for hydroxylation is 3. The molecule has 2 aromatic carbocycles. The average Bonchev–Trinajstić information content (AvgIpc) is 3.08. The van der Waals surface area contributed by atoms with Crippen LogP contribution in [0.1, 0.15) is 33.6 Å². The first kappa shape index (κ1) is 23.9. The van der Waals surface area contributed by atoms with Crippen LogP contribution >= 0.6 is 24.0 Å². The van der Waals surface area contributed by atoms with E-state index in [0.717, 1.165) is 37.8 Å². The van der Waals surface area contributed by atoms with Crippen LogP contribution < -0.4 is 10.6 Å². The summed E-state index contributed by atoms with van der Waals surface area (Å²) in [6, 6.07) is 15.3. The highest BCUT2D eigenvalue weighted by molar-refractivity contribution is 14.0. The van der Waals surface area contributed by atoms with E-state index in [1.165, 1.54) is 27.8 Å². The molecule has 3 rings (SSSR count). The number of hydrogen-bond acceptors (Lipinski definition) is 2. The SMILES string of the molecule is CN=C(NCCc1cc(C)cc(C)c1)NCc1cccc(Cn2ccnc2C)c1.I. The van der Waals surface area contributed by atoms with Gasteiger partial charge in [-0.05, 0) is 43.9 Å². The van der Waals surface area contributed by atoms with Gasteiger partial charge in [0, 0.05) is 39.1 Å². The highest BCUT2D eigenvalue weighted by atomic mass is 127. The lowest BCUT2D eigenvalue weighted by molar-refractivity contribution is 0.757. The van der Waals surface area contributed by atoms with Gasteiger partial charge in [-0.1, -0.05) is 53.6 Å². The van der Waals surface area contributed by atoms with Crippen LogP contribution in [0.4, 0.5) is 0 Å². The zero-order valence-electron chi connectivity index (χ0n) is 18.3. The lowest BCUT2D eigenvalue weighted by atomic mass is 10.1. The first-order chi connectivity index (χ1) is 14.0. The summed E-state index contributed by atoms with van der Waals surface area (Å²) in [5.74, 6) is 1.85. The fourth-order valence-electron chi connectivity index (χ4n) is 3.55. The van der Waals surface area contributed by atoms with E-state index in [2.05, 4.69) is 81.5 Å². The van der Waals surface area contributed by atoms with Gasteiger partial charge in [-0.25, -0.2) is 4.98 Å². The Bertz CT molecular complexity index is 957. The number of hydrogen-bond donors (Lipinski definition) is 2. The Morgan fingerprint density at radius 3 is 2.37 bits per heavy atom. The van der Waals surface area contributed by atoms with Crippen molar-refractivity contribution in [3.63, 3.8) is 0 Å². The molecule has 0 amide bonds. The van der Waals surface area contributed by atoms with Gasteiger partial charge in [-0.3, -0.25) is 4.99 Å². The molecule has 0 fully saturated rings. The third-order valence-electron chi connectivity index (χ3n) is 4.94. The first-order valence-electron chi connectivity index (χ1n) is 10.1. The summed E-state index contributed by atoms with van der Waals surface area (Å²) in [7, 11) is 1.81. The Hall–Kier alpha value is -2.35. The maximum atomic E-state index is 4.35. The molecule has 1 heterocycles. The molecule has 0 bridgehead atoms. The third kappa shape index (κ3) is 7.16. The highest BCUT2D eigenvalue weighted by Crippen LogP contribution is 2.10. The van der Waals surface area contributed by atoms with Crippen molar-refractivity contribution in [3.8, 4) is 0 Å². The van der Waals surface area contributed by atoms with Crippen LogP contribution in [0.2, 0.25) is 0 Å². The van der Waals surface area contributed by atoms with E-state index in [1.807, 2.05) is 26.4 Å². The Balaban J connectivity index is 0.00000320. The molecule has 6 heteroatoms. The maximum absolute atomic E-state index is 4.35. The number of nitrogens with one attached hydrogen (secondary N) is 2. The molecule has 0 saturated heterocycles. The lowest BCUT2D eigenvalue weighted by Gasteiger charge is -2.13. The van der Waals surface area contributed by atoms with Crippen molar-refractivity contribution >= 4 is 29.9 Å². The van der Waals surface area contributed by atoms with E-state index in [9.17, 15) is 0 Å². The summed E-state index contributed by atoms with van der Waals surface area (Å²) in [5, 5.41) is 6.82. The van der Waals surface area contributed by atoms with Crippen molar-refractivity contribution in [1.29, 1.82) is 0 Å². The average molecular weight is 517 g/mol. The van der Waals surface area contributed by atoms with Crippen LogP contribution in [0.15, 0.2) is 59.9 Å². The molecule has 2 N–H and O–H groups in total. The summed E-state index contributed by atoms with van der Waals surface area (Å²) < 4.78 is 2.15. The summed E-state index contributed by atoms with van der Waals surface area (Å²) in [4.78, 5) is 8.64. The fraction of sp³-hybridized carbons (Fsp3) is 0.333. The smallest absolute Gasteiger partial charge is 0.191 e. The van der Waals surface area contributed by atoms with Crippen LogP contribution in [0.5, 0.6) is 0 Å². The minimum absolute atomic E-state index is 0. The second-order valence-electron chi connectivity index (χ2n) is 7.52. The second-order valence-corrected chi connectivity index (χ2v) is 7.52. The quantitative estimate of drug-likeness (QED) is 0.278. The van der Waals surface area contributed by atoms with E-state index < -0.39 is 0 Å². The zero-order valence-corrected chi connectivity index (χ0v) is 20.6. The number of imidazole rings is 1. The van der Waals surface area contributed by atoms with E-state index in [0.29, 0.717) is 0 Å². The van der Waals surface area contributed by atoms with E-state index >= 15 is 0 Å². The molecule has 0 saturated carbocycles. The lowest BCUT2D eigenvalue weighted by Crippen LogP contribution is -2.37. The van der Waals surface area contributed by atoms with Gasteiger partial charge in [0.25, 0.3) is 0 Å². The topological polar surface area (TPSA) is 54.2 Å². The van der Waals surface area contributed by atoms with Crippen molar-refractivity contribution in [3.05, 3.63) is 88.5 Å².